The van der Waals surface area contributed by atoms with Gasteiger partial charge in [-0.25, -0.2) is 0 Å². The molecule has 0 fully saturated rings. The van der Waals surface area contributed by atoms with Crippen LogP contribution >= 0.6 is 15.9 Å². The quantitative estimate of drug-likeness (QED) is 0.808. The van der Waals surface area contributed by atoms with Gasteiger partial charge in [0.15, 0.2) is 0 Å². The Balaban J connectivity index is 2.35. The minimum absolute atomic E-state index is 0.0978. The van der Waals surface area contributed by atoms with Crippen molar-refractivity contribution in [1.29, 1.82) is 0 Å². The lowest BCUT2D eigenvalue weighted by Gasteiger charge is -2.09. The van der Waals surface area contributed by atoms with Crippen molar-refractivity contribution < 1.29 is 4.79 Å². The fourth-order valence-corrected chi connectivity index (χ4v) is 1.54. The zero-order valence-corrected chi connectivity index (χ0v) is 11.0. The van der Waals surface area contributed by atoms with Gasteiger partial charge < -0.3 is 10.6 Å². The Labute approximate surface area is 104 Å². The average Bonchev–Trinajstić information content (AvgIpc) is 2.24. The second-order valence-electron chi connectivity index (χ2n) is 3.76. The molecule has 0 aromatic carbocycles. The fourth-order valence-electron chi connectivity index (χ4n) is 1.17. The SMILES string of the molecule is CC(C)NCCNC(=O)c1cncc(Br)c1. The summed E-state index contributed by atoms with van der Waals surface area (Å²) in [6.45, 7) is 5.52. The molecule has 0 unspecified atom stereocenters. The molecule has 4 nitrogen and oxygen atoms in total. The van der Waals surface area contributed by atoms with E-state index < -0.39 is 0 Å². The number of aromatic nitrogens is 1. The molecule has 2 N–H and O–H groups in total. The first kappa shape index (κ1) is 13.1. The molecule has 1 aromatic heterocycles. The Morgan fingerprint density at radius 1 is 1.44 bits per heavy atom. The molecule has 0 radical (unpaired) electrons. The molecule has 0 atom stereocenters. The standard InChI is InChI=1S/C11H16BrN3O/c1-8(2)14-3-4-15-11(16)9-5-10(12)7-13-6-9/h5-8,14H,3-4H2,1-2H3,(H,15,16). The van der Waals surface area contributed by atoms with E-state index in [9.17, 15) is 4.79 Å². The molecule has 16 heavy (non-hydrogen) atoms. The van der Waals surface area contributed by atoms with E-state index in [0.717, 1.165) is 11.0 Å². The number of nitrogens with one attached hydrogen (secondary N) is 2. The van der Waals surface area contributed by atoms with Gasteiger partial charge in [-0.05, 0) is 22.0 Å². The normalized spacial score (nSPS) is 10.5. The largest absolute Gasteiger partial charge is 0.351 e. The van der Waals surface area contributed by atoms with Crippen molar-refractivity contribution in [2.75, 3.05) is 13.1 Å². The molecule has 1 amide bonds. The minimum Gasteiger partial charge on any atom is -0.351 e. The van der Waals surface area contributed by atoms with E-state index >= 15 is 0 Å². The van der Waals surface area contributed by atoms with Gasteiger partial charge in [-0.3, -0.25) is 9.78 Å². The minimum atomic E-state index is -0.0978. The van der Waals surface area contributed by atoms with Gasteiger partial charge in [-0.2, -0.15) is 0 Å². The number of hydrogen-bond donors (Lipinski definition) is 2. The van der Waals surface area contributed by atoms with Crippen molar-refractivity contribution in [3.63, 3.8) is 0 Å². The third-order valence-corrected chi connectivity index (χ3v) is 2.36. The Bertz CT molecular complexity index is 355. The van der Waals surface area contributed by atoms with Crippen LogP contribution in [0.3, 0.4) is 0 Å². The van der Waals surface area contributed by atoms with Gasteiger partial charge in [0.2, 0.25) is 0 Å². The van der Waals surface area contributed by atoms with Crippen LogP contribution in [0.15, 0.2) is 22.9 Å². The lowest BCUT2D eigenvalue weighted by molar-refractivity contribution is 0.0953. The number of hydrogen-bond acceptors (Lipinski definition) is 3. The number of carbonyl (C=O) groups is 1. The number of halogens is 1. The summed E-state index contributed by atoms with van der Waals surface area (Å²) in [5.74, 6) is -0.0978. The lowest BCUT2D eigenvalue weighted by Crippen LogP contribution is -2.34. The van der Waals surface area contributed by atoms with Gasteiger partial charge in [-0.1, -0.05) is 13.8 Å². The maximum absolute atomic E-state index is 11.6. The summed E-state index contributed by atoms with van der Waals surface area (Å²) in [5.41, 5.74) is 0.568. The monoisotopic (exact) mass is 285 g/mol. The van der Waals surface area contributed by atoms with Crippen molar-refractivity contribution in [2.24, 2.45) is 0 Å². The van der Waals surface area contributed by atoms with E-state index in [1.54, 1.807) is 18.5 Å². The Kier molecular flexibility index (Phi) is 5.42. The van der Waals surface area contributed by atoms with Crippen molar-refractivity contribution in [2.45, 2.75) is 19.9 Å². The summed E-state index contributed by atoms with van der Waals surface area (Å²) in [6.07, 6.45) is 3.20. The van der Waals surface area contributed by atoms with Crippen LogP contribution in [0.2, 0.25) is 0 Å². The summed E-state index contributed by atoms with van der Waals surface area (Å²) >= 11 is 3.28. The van der Waals surface area contributed by atoms with Crippen LogP contribution in [0.25, 0.3) is 0 Å². The molecular formula is C11H16BrN3O. The van der Waals surface area contributed by atoms with Gasteiger partial charge in [0.1, 0.15) is 0 Å². The van der Waals surface area contributed by atoms with E-state index in [1.807, 2.05) is 0 Å². The summed E-state index contributed by atoms with van der Waals surface area (Å²) in [6, 6.07) is 2.18. The van der Waals surface area contributed by atoms with Crippen LogP contribution in [0.4, 0.5) is 0 Å². The molecule has 5 heteroatoms. The van der Waals surface area contributed by atoms with Crippen molar-refractivity contribution >= 4 is 21.8 Å². The molecule has 0 aliphatic rings. The second kappa shape index (κ2) is 6.60. The zero-order valence-electron chi connectivity index (χ0n) is 9.46. The molecular weight excluding hydrogens is 270 g/mol. The van der Waals surface area contributed by atoms with Crippen LogP contribution in [0.1, 0.15) is 24.2 Å². The van der Waals surface area contributed by atoms with Crippen LogP contribution in [-0.2, 0) is 0 Å². The molecule has 1 heterocycles. The summed E-state index contributed by atoms with van der Waals surface area (Å²) in [7, 11) is 0. The Hall–Kier alpha value is -0.940. The van der Waals surface area contributed by atoms with E-state index in [2.05, 4.69) is 45.4 Å². The highest BCUT2D eigenvalue weighted by Gasteiger charge is 2.05. The summed E-state index contributed by atoms with van der Waals surface area (Å²) in [4.78, 5) is 15.6. The number of nitrogens with zero attached hydrogens (tertiary/aromatic N) is 1. The topological polar surface area (TPSA) is 54.0 Å². The smallest absolute Gasteiger partial charge is 0.252 e. The van der Waals surface area contributed by atoms with Crippen LogP contribution in [0, 0.1) is 0 Å². The van der Waals surface area contributed by atoms with Crippen molar-refractivity contribution in [3.05, 3.63) is 28.5 Å². The maximum Gasteiger partial charge on any atom is 0.252 e. The van der Waals surface area contributed by atoms with Gasteiger partial charge in [-0.15, -0.1) is 0 Å². The van der Waals surface area contributed by atoms with Crippen LogP contribution in [-0.4, -0.2) is 30.0 Å². The van der Waals surface area contributed by atoms with Crippen molar-refractivity contribution in [3.8, 4) is 0 Å². The van der Waals surface area contributed by atoms with Crippen LogP contribution < -0.4 is 10.6 Å². The first-order valence-corrected chi connectivity index (χ1v) is 6.01. The average molecular weight is 286 g/mol. The van der Waals surface area contributed by atoms with Gasteiger partial charge in [0, 0.05) is 36.0 Å². The predicted octanol–water partition coefficient (Wildman–Crippen LogP) is 1.57. The Morgan fingerprint density at radius 3 is 2.81 bits per heavy atom. The summed E-state index contributed by atoms with van der Waals surface area (Å²) < 4.78 is 0.806. The second-order valence-corrected chi connectivity index (χ2v) is 4.67. The zero-order chi connectivity index (χ0) is 12.0. The third-order valence-electron chi connectivity index (χ3n) is 1.93. The molecule has 0 aliphatic carbocycles. The molecule has 0 saturated carbocycles. The van der Waals surface area contributed by atoms with Gasteiger partial charge in [0.05, 0.1) is 5.56 Å². The highest BCUT2D eigenvalue weighted by atomic mass is 79.9. The molecule has 0 spiro atoms. The van der Waals surface area contributed by atoms with E-state index in [4.69, 9.17) is 0 Å². The summed E-state index contributed by atoms with van der Waals surface area (Å²) in [5, 5.41) is 6.04. The Morgan fingerprint density at radius 2 is 2.19 bits per heavy atom. The molecule has 88 valence electrons. The van der Waals surface area contributed by atoms with Gasteiger partial charge >= 0.3 is 0 Å². The molecule has 0 saturated heterocycles. The highest BCUT2D eigenvalue weighted by molar-refractivity contribution is 9.10. The fraction of sp³-hybridized carbons (Fsp3) is 0.455. The first-order chi connectivity index (χ1) is 7.59. The van der Waals surface area contributed by atoms with Gasteiger partial charge in [0.25, 0.3) is 5.91 Å². The number of rotatable bonds is 5. The number of pyridine rings is 1. The number of carbonyl (C=O) groups excluding carboxylic acids is 1. The maximum atomic E-state index is 11.6. The molecule has 0 bridgehead atoms. The van der Waals surface area contributed by atoms with E-state index in [-0.39, 0.29) is 5.91 Å². The van der Waals surface area contributed by atoms with E-state index in [1.165, 1.54) is 0 Å². The molecule has 1 rings (SSSR count). The first-order valence-electron chi connectivity index (χ1n) is 5.21. The number of amides is 1. The van der Waals surface area contributed by atoms with Crippen molar-refractivity contribution in [1.82, 2.24) is 15.6 Å². The lowest BCUT2D eigenvalue weighted by atomic mass is 10.3. The highest BCUT2D eigenvalue weighted by Crippen LogP contribution is 2.08. The third kappa shape index (κ3) is 4.72. The van der Waals surface area contributed by atoms with E-state index in [0.29, 0.717) is 18.2 Å². The molecule has 0 aliphatic heterocycles. The molecule has 1 aromatic rings. The van der Waals surface area contributed by atoms with Crippen LogP contribution in [0.5, 0.6) is 0 Å². The predicted molar refractivity (Wildman–Crippen MR) is 67.4 cm³/mol.